The van der Waals surface area contributed by atoms with Gasteiger partial charge >= 0.3 is 0 Å². The lowest BCUT2D eigenvalue weighted by Gasteiger charge is -2.33. The number of hydrogen-bond donors (Lipinski definition) is 2. The van der Waals surface area contributed by atoms with Crippen LogP contribution in [0.1, 0.15) is 64.6 Å². The summed E-state index contributed by atoms with van der Waals surface area (Å²) >= 11 is 3.52. The van der Waals surface area contributed by atoms with Crippen LogP contribution in [0.25, 0.3) is 0 Å². The number of quaternary nitrogens is 1. The van der Waals surface area contributed by atoms with Gasteiger partial charge in [0, 0.05) is 27.7 Å². The highest BCUT2D eigenvalue weighted by atomic mass is 32.1. The molecule has 1 unspecified atom stereocenters. The van der Waals surface area contributed by atoms with Gasteiger partial charge in [0.05, 0.1) is 25.1 Å². The highest BCUT2D eigenvalue weighted by Crippen LogP contribution is 2.42. The van der Waals surface area contributed by atoms with Gasteiger partial charge in [0.1, 0.15) is 17.1 Å². The Labute approximate surface area is 174 Å². The minimum Gasteiger partial charge on any atom is -0.328 e. The first-order valence-corrected chi connectivity index (χ1v) is 12.2. The molecule has 1 aliphatic heterocycles. The summed E-state index contributed by atoms with van der Waals surface area (Å²) < 4.78 is 0. The van der Waals surface area contributed by atoms with Crippen LogP contribution in [0.5, 0.6) is 0 Å². The number of anilines is 1. The lowest BCUT2D eigenvalue weighted by atomic mass is 9.95. The first-order chi connectivity index (χ1) is 13.7. The molecule has 0 aromatic carbocycles. The van der Waals surface area contributed by atoms with Gasteiger partial charge < -0.3 is 10.2 Å². The first kappa shape index (κ1) is 18.4. The second kappa shape index (κ2) is 7.62. The van der Waals surface area contributed by atoms with Gasteiger partial charge in [-0.05, 0) is 55.5 Å². The molecule has 6 heteroatoms. The van der Waals surface area contributed by atoms with E-state index in [0.717, 1.165) is 55.3 Å². The van der Waals surface area contributed by atoms with Gasteiger partial charge in [0.15, 0.2) is 0 Å². The molecule has 0 spiro atoms. The number of thiophene rings is 2. The molecule has 5 rings (SSSR count). The van der Waals surface area contributed by atoms with Crippen molar-refractivity contribution in [3.63, 3.8) is 0 Å². The SMILES string of the molecule is N#Cc1c(NC(=O)CC[NH+]2CCc3sccc3[C@H]2C2CC2)sc2c1CCCC2. The highest BCUT2D eigenvalue weighted by Gasteiger charge is 2.43. The Bertz CT molecular complexity index is 934. The van der Waals surface area contributed by atoms with Crippen molar-refractivity contribution in [2.45, 2.75) is 57.4 Å². The van der Waals surface area contributed by atoms with Gasteiger partial charge in [-0.25, -0.2) is 0 Å². The van der Waals surface area contributed by atoms with Gasteiger partial charge in [-0.15, -0.1) is 22.7 Å². The number of nitriles is 1. The molecular formula is C22H26N3OS2+. The van der Waals surface area contributed by atoms with E-state index in [9.17, 15) is 10.1 Å². The van der Waals surface area contributed by atoms with Gasteiger partial charge in [-0.3, -0.25) is 4.79 Å². The lowest BCUT2D eigenvalue weighted by Crippen LogP contribution is -3.13. The Hall–Kier alpha value is -1.68. The third-order valence-electron chi connectivity index (χ3n) is 6.53. The van der Waals surface area contributed by atoms with E-state index in [1.54, 1.807) is 26.7 Å². The van der Waals surface area contributed by atoms with E-state index < -0.39 is 0 Å². The highest BCUT2D eigenvalue weighted by molar-refractivity contribution is 7.16. The molecule has 28 heavy (non-hydrogen) atoms. The molecule has 2 aliphatic carbocycles. The molecule has 4 nitrogen and oxygen atoms in total. The van der Waals surface area contributed by atoms with Crippen molar-refractivity contribution in [3.05, 3.63) is 37.9 Å². The van der Waals surface area contributed by atoms with E-state index in [0.29, 0.717) is 12.5 Å². The average molecular weight is 413 g/mol. The summed E-state index contributed by atoms with van der Waals surface area (Å²) in [6, 6.07) is 5.25. The van der Waals surface area contributed by atoms with Crippen molar-refractivity contribution in [1.82, 2.24) is 0 Å². The summed E-state index contributed by atoms with van der Waals surface area (Å²) in [5.41, 5.74) is 3.46. The van der Waals surface area contributed by atoms with E-state index in [2.05, 4.69) is 22.8 Å². The summed E-state index contributed by atoms with van der Waals surface area (Å²) in [6.07, 6.45) is 8.72. The normalized spacial score (nSPS) is 23.5. The second-order valence-electron chi connectivity index (χ2n) is 8.35. The van der Waals surface area contributed by atoms with Crippen LogP contribution in [-0.2, 0) is 24.1 Å². The van der Waals surface area contributed by atoms with Crippen molar-refractivity contribution < 1.29 is 9.69 Å². The smallest absolute Gasteiger partial charge is 0.230 e. The Balaban J connectivity index is 1.25. The standard InChI is InChI=1S/C22H25N3OS2/c23-13-17-15-3-1-2-4-19(15)28-22(17)24-20(26)8-11-25-10-7-18-16(9-12-27-18)21(25)14-5-6-14/h9,12,14,21H,1-8,10-11H2,(H,24,26)/p+1/t21-/m1/s1. The molecule has 2 N–H and O–H groups in total. The minimum atomic E-state index is 0.0632. The quantitative estimate of drug-likeness (QED) is 0.790. The van der Waals surface area contributed by atoms with E-state index in [1.807, 2.05) is 11.3 Å². The van der Waals surface area contributed by atoms with Crippen LogP contribution in [0, 0.1) is 17.2 Å². The number of nitrogens with one attached hydrogen (secondary N) is 2. The predicted molar refractivity (Wildman–Crippen MR) is 113 cm³/mol. The maximum absolute atomic E-state index is 12.7. The molecule has 0 bridgehead atoms. The summed E-state index contributed by atoms with van der Waals surface area (Å²) in [6.45, 7) is 2.02. The predicted octanol–water partition coefficient (Wildman–Crippen LogP) is 3.48. The number of hydrogen-bond acceptors (Lipinski definition) is 4. The number of carbonyl (C=O) groups is 1. The molecule has 1 fully saturated rings. The Morgan fingerprint density at radius 1 is 1.25 bits per heavy atom. The first-order valence-electron chi connectivity index (χ1n) is 10.5. The number of aryl methyl sites for hydroxylation is 1. The van der Waals surface area contributed by atoms with Crippen molar-refractivity contribution in [2.24, 2.45) is 5.92 Å². The molecule has 2 aromatic heterocycles. The van der Waals surface area contributed by atoms with Crippen LogP contribution in [0.2, 0.25) is 0 Å². The maximum atomic E-state index is 12.7. The topological polar surface area (TPSA) is 57.3 Å². The van der Waals surface area contributed by atoms with E-state index >= 15 is 0 Å². The van der Waals surface area contributed by atoms with Gasteiger partial charge in [-0.2, -0.15) is 5.26 Å². The van der Waals surface area contributed by atoms with Gasteiger partial charge in [-0.1, -0.05) is 0 Å². The minimum absolute atomic E-state index is 0.0632. The fourth-order valence-corrected chi connectivity index (χ4v) is 7.20. The van der Waals surface area contributed by atoms with Crippen LogP contribution < -0.4 is 10.2 Å². The number of amides is 1. The van der Waals surface area contributed by atoms with Crippen molar-refractivity contribution in [1.29, 1.82) is 5.26 Å². The molecule has 146 valence electrons. The number of rotatable bonds is 5. The molecule has 0 saturated heterocycles. The number of carbonyl (C=O) groups excluding carboxylic acids is 1. The van der Waals surface area contributed by atoms with Crippen molar-refractivity contribution in [3.8, 4) is 6.07 Å². The number of fused-ring (bicyclic) bond motifs is 2. The molecule has 1 saturated carbocycles. The molecule has 3 heterocycles. The zero-order valence-corrected chi connectivity index (χ0v) is 17.7. The zero-order valence-electron chi connectivity index (χ0n) is 16.1. The fourth-order valence-electron chi connectivity index (χ4n) is 5.01. The largest absolute Gasteiger partial charge is 0.328 e. The third kappa shape index (κ3) is 3.41. The number of nitrogens with zero attached hydrogens (tertiary/aromatic N) is 1. The summed E-state index contributed by atoms with van der Waals surface area (Å²) in [4.78, 5) is 17.1. The Kier molecular flexibility index (Phi) is 5.00. The molecular weight excluding hydrogens is 386 g/mol. The van der Waals surface area contributed by atoms with Crippen LogP contribution in [0.3, 0.4) is 0 Å². The Morgan fingerprint density at radius 3 is 2.93 bits per heavy atom. The summed E-state index contributed by atoms with van der Waals surface area (Å²) in [5.74, 6) is 0.870. The van der Waals surface area contributed by atoms with Crippen LogP contribution in [0.4, 0.5) is 5.00 Å². The zero-order chi connectivity index (χ0) is 19.1. The fraction of sp³-hybridized carbons (Fsp3) is 0.545. The molecule has 2 atom stereocenters. The lowest BCUT2D eigenvalue weighted by molar-refractivity contribution is -0.935. The van der Waals surface area contributed by atoms with E-state index in [1.165, 1.54) is 29.7 Å². The molecule has 1 amide bonds. The van der Waals surface area contributed by atoms with Gasteiger partial charge in [0.2, 0.25) is 5.91 Å². The van der Waals surface area contributed by atoms with Gasteiger partial charge in [0.25, 0.3) is 0 Å². The third-order valence-corrected chi connectivity index (χ3v) is 8.73. The maximum Gasteiger partial charge on any atom is 0.230 e. The van der Waals surface area contributed by atoms with Crippen molar-refractivity contribution in [2.75, 3.05) is 18.4 Å². The molecule has 3 aliphatic rings. The second-order valence-corrected chi connectivity index (χ2v) is 10.5. The monoisotopic (exact) mass is 412 g/mol. The van der Waals surface area contributed by atoms with Crippen molar-refractivity contribution >= 4 is 33.6 Å². The van der Waals surface area contributed by atoms with Crippen LogP contribution in [-0.4, -0.2) is 19.0 Å². The van der Waals surface area contributed by atoms with Crippen LogP contribution in [0.15, 0.2) is 11.4 Å². The molecule has 2 aromatic rings. The van der Waals surface area contributed by atoms with Crippen LogP contribution >= 0.6 is 22.7 Å². The molecule has 0 radical (unpaired) electrons. The van der Waals surface area contributed by atoms with E-state index in [-0.39, 0.29) is 5.91 Å². The Morgan fingerprint density at radius 2 is 2.11 bits per heavy atom. The summed E-state index contributed by atoms with van der Waals surface area (Å²) in [7, 11) is 0. The summed E-state index contributed by atoms with van der Waals surface area (Å²) in [5, 5.41) is 15.7. The van der Waals surface area contributed by atoms with E-state index in [4.69, 9.17) is 0 Å². The average Bonchev–Trinajstić information content (AvgIpc) is 3.32.